The van der Waals surface area contributed by atoms with E-state index in [1.54, 1.807) is 0 Å². The Morgan fingerprint density at radius 3 is 0.375 bits per heavy atom. The van der Waals surface area contributed by atoms with E-state index >= 15 is 0 Å². The fourth-order valence-electron chi connectivity index (χ4n) is 0. The van der Waals surface area contributed by atoms with Gasteiger partial charge in [0.05, 0.1) is 0 Å². The molecule has 0 rings (SSSR count). The largest absolute Gasteiger partial charge is 4.00 e. The third kappa shape index (κ3) is 28900. The van der Waals surface area contributed by atoms with Crippen LogP contribution in [0.1, 0.15) is 0 Å². The molecule has 0 aliphatic heterocycles. The zero-order chi connectivity index (χ0) is 0. The second kappa shape index (κ2) is 48300. The summed E-state index contributed by atoms with van der Waals surface area (Å²) in [5.74, 6) is 0. The minimum Gasteiger partial charge on any atom is -1.00 e. The molecule has 7 heteroatoms. The summed E-state index contributed by atoms with van der Waals surface area (Å²) in [6.07, 6.45) is 0. The van der Waals surface area contributed by atoms with Gasteiger partial charge in [-0.05, 0) is 0 Å². The fraction of sp³-hybridized carbons (Fsp3) is 0. The normalized spacial score (nSPS) is 0. The van der Waals surface area contributed by atoms with Gasteiger partial charge in [0, 0.05) is 0 Å². The van der Waals surface area contributed by atoms with E-state index in [0.717, 1.165) is 0 Å². The van der Waals surface area contributed by atoms with Crippen LogP contribution in [0.4, 0.5) is 0 Å². The standard InChI is InChI=1S/C.6FH.Ni/h;6*1H;/q+4;;;;;;;+2/p-6. The van der Waals surface area contributed by atoms with Crippen LogP contribution in [-0.4, -0.2) is 0 Å². The average Bonchev–Trinajstić information content (AvgIpc) is 0. The molecule has 0 saturated heterocycles. The first-order valence-electron chi connectivity index (χ1n) is 0. The molecular formula is CF6Ni. The Hall–Kier alpha value is 0.0735. The van der Waals surface area contributed by atoms with Crippen molar-refractivity contribution in [2.45, 2.75) is 0 Å². The number of rotatable bonds is 0. The van der Waals surface area contributed by atoms with Crippen molar-refractivity contribution in [3.8, 4) is 0 Å². The predicted octanol–water partition coefficient (Wildman–Crippen LogP) is -17.9. The third-order valence-electron chi connectivity index (χ3n) is 0. The summed E-state index contributed by atoms with van der Waals surface area (Å²) in [6.45, 7) is 0. The molecule has 0 amide bonds. The molecule has 0 aliphatic carbocycles. The summed E-state index contributed by atoms with van der Waals surface area (Å²) in [5, 5.41) is 0. The Bertz CT molecular complexity index is 8.49. The Labute approximate surface area is 53.2 Å². The number of halogens is 6. The quantitative estimate of drug-likeness (QED) is 0.259. The van der Waals surface area contributed by atoms with E-state index in [2.05, 4.69) is 0 Å². The van der Waals surface area contributed by atoms with Crippen LogP contribution < -0.4 is 28.2 Å². The van der Waals surface area contributed by atoms with Gasteiger partial charge in [0.25, 0.3) is 0 Å². The second-order valence-electron chi connectivity index (χ2n) is 0. The Balaban J connectivity index is 0. The predicted molar refractivity (Wildman–Crippen MR) is 3.24 cm³/mol. The van der Waals surface area contributed by atoms with Gasteiger partial charge in [-0.25, -0.2) is 0 Å². The number of hydrogen-bond donors (Lipinski definition) is 0. The zero-order valence-electron chi connectivity index (χ0n) is 3.08. The molecule has 0 aromatic rings. The van der Waals surface area contributed by atoms with E-state index in [9.17, 15) is 0 Å². The van der Waals surface area contributed by atoms with Gasteiger partial charge in [0.2, 0.25) is 0 Å². The molecule has 0 aliphatic rings. The molecule has 0 N–H and O–H groups in total. The van der Waals surface area contributed by atoms with Gasteiger partial charge in [-0.15, -0.1) is 0 Å². The van der Waals surface area contributed by atoms with Crippen LogP contribution in [0.2, 0.25) is 0 Å². The fourth-order valence-corrected chi connectivity index (χ4v) is 0. The molecule has 0 bridgehead atoms. The van der Waals surface area contributed by atoms with Crippen molar-refractivity contribution in [2.24, 2.45) is 0 Å². The summed E-state index contributed by atoms with van der Waals surface area (Å²) in [7, 11) is 0. The topological polar surface area (TPSA) is 0 Å². The van der Waals surface area contributed by atoms with Gasteiger partial charge >= 0.3 is 23.9 Å². The van der Waals surface area contributed by atoms with Gasteiger partial charge in [0.1, 0.15) is 0 Å². The molecule has 0 aromatic carbocycles. The summed E-state index contributed by atoms with van der Waals surface area (Å²) < 4.78 is 0. The second-order valence-corrected chi connectivity index (χ2v) is 0. The van der Waals surface area contributed by atoms with Crippen LogP contribution in [0.3, 0.4) is 0 Å². The van der Waals surface area contributed by atoms with Crippen LogP contribution in [0, 0.1) is 7.43 Å². The molecule has 0 aromatic heterocycles. The van der Waals surface area contributed by atoms with Crippen molar-refractivity contribution in [1.82, 2.24) is 0 Å². The third-order valence-corrected chi connectivity index (χ3v) is 0. The summed E-state index contributed by atoms with van der Waals surface area (Å²) in [4.78, 5) is 0. The Morgan fingerprint density at radius 2 is 0.375 bits per heavy atom. The summed E-state index contributed by atoms with van der Waals surface area (Å²) in [5.41, 5.74) is 0. The SMILES string of the molecule is [C+4].[F-].[F-].[F-].[F-].[F-].[F-].[Ni+2]. The first-order valence-corrected chi connectivity index (χ1v) is 0. The van der Waals surface area contributed by atoms with Crippen molar-refractivity contribution in [2.75, 3.05) is 0 Å². The minimum atomic E-state index is 0. The molecule has 56 valence electrons. The molecule has 0 heterocycles. The molecule has 0 atom stereocenters. The van der Waals surface area contributed by atoms with Crippen LogP contribution in [-0.2, 0) is 16.5 Å². The maximum Gasteiger partial charge on any atom is 4.00 e. The van der Waals surface area contributed by atoms with E-state index < -0.39 is 0 Å². The molecule has 8 heavy (non-hydrogen) atoms. The summed E-state index contributed by atoms with van der Waals surface area (Å²) >= 11 is 0. The molecular weight excluding hydrogens is 185 g/mol. The van der Waals surface area contributed by atoms with Crippen molar-refractivity contribution in [3.63, 3.8) is 0 Å². The van der Waals surface area contributed by atoms with E-state index in [0.29, 0.717) is 0 Å². The van der Waals surface area contributed by atoms with Gasteiger partial charge in [-0.1, -0.05) is 0 Å². The van der Waals surface area contributed by atoms with E-state index in [4.69, 9.17) is 0 Å². The van der Waals surface area contributed by atoms with Crippen LogP contribution in [0.25, 0.3) is 0 Å². The van der Waals surface area contributed by atoms with Crippen molar-refractivity contribution >= 4 is 0 Å². The van der Waals surface area contributed by atoms with Gasteiger partial charge in [0.15, 0.2) is 0 Å². The maximum atomic E-state index is 0. The van der Waals surface area contributed by atoms with Crippen LogP contribution in [0.5, 0.6) is 0 Å². The molecule has 0 radical (unpaired) electrons. The molecule has 0 unspecified atom stereocenters. The first-order chi connectivity index (χ1) is 0. The van der Waals surface area contributed by atoms with Crippen molar-refractivity contribution in [3.05, 3.63) is 7.43 Å². The molecule has 0 fully saturated rings. The minimum absolute atomic E-state index is 0. The molecule has 0 saturated carbocycles. The van der Waals surface area contributed by atoms with Gasteiger partial charge in [-0.2, -0.15) is 0 Å². The van der Waals surface area contributed by atoms with Gasteiger partial charge in [-0.3, -0.25) is 0 Å². The van der Waals surface area contributed by atoms with E-state index in [1.165, 1.54) is 0 Å². The van der Waals surface area contributed by atoms with Crippen molar-refractivity contribution < 1.29 is 44.7 Å². The number of hydrogen-bond acceptors (Lipinski definition) is 0. The van der Waals surface area contributed by atoms with Crippen molar-refractivity contribution in [1.29, 1.82) is 0 Å². The van der Waals surface area contributed by atoms with Gasteiger partial charge < -0.3 is 28.2 Å². The Morgan fingerprint density at radius 1 is 0.375 bits per heavy atom. The van der Waals surface area contributed by atoms with Crippen LogP contribution >= 0.6 is 0 Å². The van der Waals surface area contributed by atoms with E-state index in [-0.39, 0.29) is 52.1 Å². The van der Waals surface area contributed by atoms with E-state index in [1.807, 2.05) is 0 Å². The summed E-state index contributed by atoms with van der Waals surface area (Å²) in [6, 6.07) is 0. The first kappa shape index (κ1) is 74800. The maximum absolute atomic E-state index is 0. The monoisotopic (exact) mass is 184 g/mol. The molecule has 0 spiro atoms. The smallest absolute Gasteiger partial charge is 1.00 e. The Kier molecular flexibility index (Phi) is 451000000. The molecule has 0 nitrogen and oxygen atoms in total. The van der Waals surface area contributed by atoms with Crippen LogP contribution in [0.15, 0.2) is 0 Å². The average molecular weight is 185 g/mol. The zero-order valence-corrected chi connectivity index (χ0v) is 4.07.